The van der Waals surface area contributed by atoms with E-state index in [-0.39, 0.29) is 22.7 Å². The minimum Gasteiger partial charge on any atom is -0.359 e. The number of sulfonamides is 1. The van der Waals surface area contributed by atoms with E-state index in [0.717, 1.165) is 6.42 Å². The van der Waals surface area contributed by atoms with E-state index in [1.165, 1.54) is 28.6 Å². The zero-order chi connectivity index (χ0) is 20.5. The molecule has 2 heterocycles. The van der Waals surface area contributed by atoms with Crippen LogP contribution < -0.4 is 5.32 Å². The molecule has 1 saturated heterocycles. The summed E-state index contributed by atoms with van der Waals surface area (Å²) in [7, 11) is -3.81. The van der Waals surface area contributed by atoms with Crippen LogP contribution in [0.15, 0.2) is 39.8 Å². The molecule has 1 atom stereocenters. The molecule has 1 aliphatic heterocycles. The van der Waals surface area contributed by atoms with Crippen LogP contribution in [0.25, 0.3) is 0 Å². The van der Waals surface area contributed by atoms with Crippen LogP contribution in [0, 0.1) is 0 Å². The zero-order valence-corrected chi connectivity index (χ0v) is 17.7. The molecule has 0 radical (unpaired) electrons. The second kappa shape index (κ2) is 7.85. The molecular formula is C19H24ClN3O4S. The van der Waals surface area contributed by atoms with Crippen molar-refractivity contribution >= 4 is 33.3 Å². The third kappa shape index (κ3) is 4.39. The highest BCUT2D eigenvalue weighted by Crippen LogP contribution is 2.28. The number of anilines is 1. The second-order valence-electron chi connectivity index (χ2n) is 7.90. The average Bonchev–Trinajstić information content (AvgIpc) is 3.11. The molecule has 1 unspecified atom stereocenters. The van der Waals surface area contributed by atoms with Crippen molar-refractivity contribution in [2.75, 3.05) is 11.9 Å². The lowest BCUT2D eigenvalue weighted by molar-refractivity contribution is -0.120. The number of halogens is 1. The van der Waals surface area contributed by atoms with Crippen molar-refractivity contribution in [3.63, 3.8) is 0 Å². The predicted octanol–water partition coefficient (Wildman–Crippen LogP) is 3.81. The van der Waals surface area contributed by atoms with Crippen LogP contribution in [0.4, 0.5) is 5.82 Å². The van der Waals surface area contributed by atoms with Gasteiger partial charge in [-0.05, 0) is 37.1 Å². The van der Waals surface area contributed by atoms with Gasteiger partial charge in [-0.2, -0.15) is 4.31 Å². The molecule has 0 bridgehead atoms. The van der Waals surface area contributed by atoms with E-state index in [1.807, 2.05) is 20.8 Å². The molecular weight excluding hydrogens is 402 g/mol. The summed E-state index contributed by atoms with van der Waals surface area (Å²) in [5.74, 6) is 0.507. The summed E-state index contributed by atoms with van der Waals surface area (Å²) in [5.41, 5.74) is -0.245. The summed E-state index contributed by atoms with van der Waals surface area (Å²) in [4.78, 5) is 13.0. The molecule has 1 N–H and O–H groups in total. The highest BCUT2D eigenvalue weighted by molar-refractivity contribution is 7.89. The highest BCUT2D eigenvalue weighted by Gasteiger charge is 2.38. The molecule has 1 aliphatic rings. The first-order chi connectivity index (χ1) is 13.1. The lowest BCUT2D eigenvalue weighted by Gasteiger charge is -2.33. The van der Waals surface area contributed by atoms with Gasteiger partial charge >= 0.3 is 0 Å². The van der Waals surface area contributed by atoms with Crippen molar-refractivity contribution in [1.29, 1.82) is 0 Å². The number of nitrogens with zero attached hydrogens (tertiary/aromatic N) is 2. The number of aromatic nitrogens is 1. The number of nitrogens with one attached hydrogen (secondary N) is 1. The lowest BCUT2D eigenvalue weighted by atomic mass is 9.93. The number of carbonyl (C=O) groups excluding carboxylic acids is 1. The Kier molecular flexibility index (Phi) is 5.84. The molecule has 7 nitrogen and oxygen atoms in total. The number of hydrogen-bond donors (Lipinski definition) is 1. The summed E-state index contributed by atoms with van der Waals surface area (Å²) in [6.45, 7) is 6.21. The maximum atomic E-state index is 13.1. The second-order valence-corrected chi connectivity index (χ2v) is 10.2. The molecule has 1 amide bonds. The van der Waals surface area contributed by atoms with Crippen molar-refractivity contribution in [2.24, 2.45) is 0 Å². The van der Waals surface area contributed by atoms with Crippen LogP contribution in [0.2, 0.25) is 5.02 Å². The minimum atomic E-state index is -3.81. The Balaban J connectivity index is 1.81. The Morgan fingerprint density at radius 2 is 1.93 bits per heavy atom. The van der Waals surface area contributed by atoms with Crippen LogP contribution in [0.1, 0.15) is 45.8 Å². The van der Waals surface area contributed by atoms with E-state index in [0.29, 0.717) is 23.6 Å². The normalized spacial score (nSPS) is 18.8. The topological polar surface area (TPSA) is 92.5 Å². The van der Waals surface area contributed by atoms with Gasteiger partial charge < -0.3 is 9.84 Å². The van der Waals surface area contributed by atoms with E-state index in [9.17, 15) is 13.2 Å². The molecule has 152 valence electrons. The third-order valence-electron chi connectivity index (χ3n) is 4.68. The van der Waals surface area contributed by atoms with E-state index >= 15 is 0 Å². The SMILES string of the molecule is CC(C)(C)c1cc(NC(=O)C2CCCCN2S(=O)(=O)c2ccc(Cl)cc2)no1. The fourth-order valence-electron chi connectivity index (χ4n) is 3.09. The van der Waals surface area contributed by atoms with Gasteiger partial charge in [-0.25, -0.2) is 8.42 Å². The van der Waals surface area contributed by atoms with Crippen molar-refractivity contribution < 1.29 is 17.7 Å². The number of carbonyl (C=O) groups is 1. The number of piperidine rings is 1. The Labute approximate surface area is 170 Å². The van der Waals surface area contributed by atoms with E-state index in [2.05, 4.69) is 10.5 Å². The van der Waals surface area contributed by atoms with Gasteiger partial charge in [0.05, 0.1) is 4.90 Å². The van der Waals surface area contributed by atoms with Crippen LogP contribution in [-0.2, 0) is 20.2 Å². The first-order valence-electron chi connectivity index (χ1n) is 9.14. The van der Waals surface area contributed by atoms with Gasteiger partial charge in [0, 0.05) is 23.0 Å². The van der Waals surface area contributed by atoms with Crippen LogP contribution in [0.3, 0.4) is 0 Å². The number of benzene rings is 1. The molecule has 3 rings (SSSR count). The van der Waals surface area contributed by atoms with Crippen molar-refractivity contribution in [1.82, 2.24) is 9.46 Å². The predicted molar refractivity (Wildman–Crippen MR) is 107 cm³/mol. The standard InChI is InChI=1S/C19H24ClN3O4S/c1-19(2,3)16-12-17(22-27-16)21-18(24)15-6-4-5-11-23(15)28(25,26)14-9-7-13(20)8-10-14/h7-10,12,15H,4-6,11H2,1-3H3,(H,21,22,24). The monoisotopic (exact) mass is 425 g/mol. The van der Waals surface area contributed by atoms with Gasteiger partial charge in [-0.3, -0.25) is 4.79 Å². The number of rotatable bonds is 4. The fourth-order valence-corrected chi connectivity index (χ4v) is 4.88. The molecule has 1 fully saturated rings. The summed E-state index contributed by atoms with van der Waals surface area (Å²) in [6.07, 6.45) is 1.92. The lowest BCUT2D eigenvalue weighted by Crippen LogP contribution is -2.49. The molecule has 28 heavy (non-hydrogen) atoms. The third-order valence-corrected chi connectivity index (χ3v) is 6.85. The van der Waals surface area contributed by atoms with Crippen LogP contribution in [-0.4, -0.2) is 36.4 Å². The zero-order valence-electron chi connectivity index (χ0n) is 16.1. The summed E-state index contributed by atoms with van der Waals surface area (Å²) in [6, 6.07) is 6.82. The van der Waals surface area contributed by atoms with E-state index < -0.39 is 22.0 Å². The van der Waals surface area contributed by atoms with Gasteiger partial charge in [-0.1, -0.05) is 43.9 Å². The van der Waals surface area contributed by atoms with Gasteiger partial charge in [0.15, 0.2) is 5.82 Å². The summed E-state index contributed by atoms with van der Waals surface area (Å²) >= 11 is 5.86. The molecule has 0 aliphatic carbocycles. The van der Waals surface area contributed by atoms with Gasteiger partial charge in [0.2, 0.25) is 15.9 Å². The maximum Gasteiger partial charge on any atom is 0.244 e. The van der Waals surface area contributed by atoms with Gasteiger partial charge in [0.25, 0.3) is 0 Å². The molecule has 0 spiro atoms. The molecule has 0 saturated carbocycles. The smallest absolute Gasteiger partial charge is 0.244 e. The van der Waals surface area contributed by atoms with Crippen molar-refractivity contribution in [3.05, 3.63) is 41.1 Å². The Hall–Kier alpha value is -1.90. The maximum absolute atomic E-state index is 13.1. The number of hydrogen-bond acceptors (Lipinski definition) is 5. The molecule has 9 heteroatoms. The van der Waals surface area contributed by atoms with Crippen LogP contribution in [0.5, 0.6) is 0 Å². The molecule has 1 aromatic heterocycles. The van der Waals surface area contributed by atoms with Crippen LogP contribution >= 0.6 is 11.6 Å². The summed E-state index contributed by atoms with van der Waals surface area (Å²) < 4.78 is 32.7. The van der Waals surface area contributed by atoms with E-state index in [4.69, 9.17) is 16.1 Å². The molecule has 2 aromatic rings. The first kappa shape index (κ1) is 20.8. The number of amides is 1. The molecule has 1 aromatic carbocycles. The Morgan fingerprint density at radius 3 is 2.54 bits per heavy atom. The summed E-state index contributed by atoms with van der Waals surface area (Å²) in [5, 5.41) is 7.03. The quantitative estimate of drug-likeness (QED) is 0.804. The first-order valence-corrected chi connectivity index (χ1v) is 11.0. The largest absolute Gasteiger partial charge is 0.359 e. The Bertz CT molecular complexity index is 948. The van der Waals surface area contributed by atoms with Gasteiger partial charge in [-0.15, -0.1) is 0 Å². The Morgan fingerprint density at radius 1 is 1.25 bits per heavy atom. The van der Waals surface area contributed by atoms with Crippen molar-refractivity contribution in [2.45, 2.75) is 56.4 Å². The highest BCUT2D eigenvalue weighted by atomic mass is 35.5. The average molecular weight is 426 g/mol. The minimum absolute atomic E-state index is 0.119. The van der Waals surface area contributed by atoms with E-state index in [1.54, 1.807) is 6.07 Å². The van der Waals surface area contributed by atoms with Gasteiger partial charge in [0.1, 0.15) is 11.8 Å². The van der Waals surface area contributed by atoms with Crippen molar-refractivity contribution in [3.8, 4) is 0 Å². The fraction of sp³-hybridized carbons (Fsp3) is 0.474.